The van der Waals surface area contributed by atoms with Gasteiger partial charge in [0.2, 0.25) is 10.0 Å². The molecule has 3 rings (SSSR count). The van der Waals surface area contributed by atoms with Crippen LogP contribution in [0.25, 0.3) is 0 Å². The highest BCUT2D eigenvalue weighted by molar-refractivity contribution is 7.89. The Kier molecular flexibility index (Phi) is 5.50. The molecule has 6 nitrogen and oxygen atoms in total. The fourth-order valence-corrected chi connectivity index (χ4v) is 4.58. The Morgan fingerprint density at radius 3 is 2.35 bits per heavy atom. The van der Waals surface area contributed by atoms with Crippen molar-refractivity contribution in [3.05, 3.63) is 53.1 Å². The number of ether oxygens (including phenoxy) is 1. The van der Waals surface area contributed by atoms with E-state index in [4.69, 9.17) is 16.3 Å². The van der Waals surface area contributed by atoms with Gasteiger partial charge in [0.05, 0.1) is 17.0 Å². The van der Waals surface area contributed by atoms with Crippen LogP contribution in [-0.2, 0) is 10.0 Å². The Balaban J connectivity index is 1.74. The summed E-state index contributed by atoms with van der Waals surface area (Å²) in [6, 6.07) is 10.9. The minimum Gasteiger partial charge on any atom is -0.495 e. The summed E-state index contributed by atoms with van der Waals surface area (Å²) in [7, 11) is -1.97. The van der Waals surface area contributed by atoms with Crippen molar-refractivity contribution in [3.63, 3.8) is 0 Å². The van der Waals surface area contributed by atoms with Crippen LogP contribution in [0.15, 0.2) is 47.4 Å². The van der Waals surface area contributed by atoms with Crippen molar-refractivity contribution < 1.29 is 17.9 Å². The van der Waals surface area contributed by atoms with Crippen LogP contribution in [0.3, 0.4) is 0 Å². The molecule has 138 valence electrons. The Hall–Kier alpha value is -2.09. The lowest BCUT2D eigenvalue weighted by Gasteiger charge is -2.15. The summed E-state index contributed by atoms with van der Waals surface area (Å²) in [6.45, 7) is 1.09. The lowest BCUT2D eigenvalue weighted by atomic mass is 10.2. The summed E-state index contributed by atoms with van der Waals surface area (Å²) < 4.78 is 31.6. The van der Waals surface area contributed by atoms with Gasteiger partial charge in [-0.15, -0.1) is 0 Å². The topological polar surface area (TPSA) is 75.7 Å². The number of sulfonamides is 1. The van der Waals surface area contributed by atoms with E-state index in [-0.39, 0.29) is 10.8 Å². The minimum absolute atomic E-state index is 0.198. The number of carbonyl (C=O) groups is 1. The number of hydrogen-bond acceptors (Lipinski definition) is 4. The van der Waals surface area contributed by atoms with E-state index in [2.05, 4.69) is 5.32 Å². The third kappa shape index (κ3) is 3.85. The largest absolute Gasteiger partial charge is 0.495 e. The first kappa shape index (κ1) is 18.7. The second-order valence-electron chi connectivity index (χ2n) is 5.94. The third-order valence-electron chi connectivity index (χ3n) is 4.23. The van der Waals surface area contributed by atoms with Crippen LogP contribution in [0, 0.1) is 0 Å². The van der Waals surface area contributed by atoms with Gasteiger partial charge in [-0.25, -0.2) is 8.42 Å². The van der Waals surface area contributed by atoms with Crippen molar-refractivity contribution in [3.8, 4) is 5.75 Å². The number of anilines is 1. The molecule has 2 aromatic rings. The second-order valence-corrected chi connectivity index (χ2v) is 8.28. The molecule has 0 aliphatic carbocycles. The van der Waals surface area contributed by atoms with Gasteiger partial charge in [0.1, 0.15) is 5.75 Å². The molecule has 1 saturated heterocycles. The number of nitrogens with zero attached hydrogens (tertiary/aromatic N) is 1. The standard InChI is InChI=1S/C18H19ClN2O4S/c1-25-17-9-6-14(12-16(17)19)20-18(22)13-4-7-15(8-5-13)26(23,24)21-10-2-3-11-21/h4-9,12H,2-3,10-11H2,1H3,(H,20,22). The summed E-state index contributed by atoms with van der Waals surface area (Å²) >= 11 is 6.04. The lowest BCUT2D eigenvalue weighted by Crippen LogP contribution is -2.27. The maximum Gasteiger partial charge on any atom is 0.255 e. The molecule has 0 bridgehead atoms. The average molecular weight is 395 g/mol. The summed E-state index contributed by atoms with van der Waals surface area (Å²) in [5.41, 5.74) is 0.881. The number of hydrogen-bond donors (Lipinski definition) is 1. The number of halogens is 1. The van der Waals surface area contributed by atoms with Crippen LogP contribution in [0.4, 0.5) is 5.69 Å². The molecule has 0 radical (unpaired) electrons. The van der Waals surface area contributed by atoms with Crippen LogP contribution in [0.2, 0.25) is 5.02 Å². The molecular weight excluding hydrogens is 376 g/mol. The Labute approximate surface area is 157 Å². The first-order valence-corrected chi connectivity index (χ1v) is 9.99. The van der Waals surface area contributed by atoms with Crippen LogP contribution < -0.4 is 10.1 Å². The highest BCUT2D eigenvalue weighted by atomic mass is 35.5. The molecule has 8 heteroatoms. The Morgan fingerprint density at radius 2 is 1.77 bits per heavy atom. The van der Waals surface area contributed by atoms with Crippen molar-refractivity contribution in [2.45, 2.75) is 17.7 Å². The van der Waals surface area contributed by atoms with Crippen molar-refractivity contribution in [2.75, 3.05) is 25.5 Å². The van der Waals surface area contributed by atoms with Crippen molar-refractivity contribution >= 4 is 33.2 Å². The van der Waals surface area contributed by atoms with Gasteiger partial charge in [-0.3, -0.25) is 4.79 Å². The normalized spacial score (nSPS) is 15.0. The molecule has 1 aliphatic heterocycles. The van der Waals surface area contributed by atoms with E-state index in [0.29, 0.717) is 35.1 Å². The van der Waals surface area contributed by atoms with Gasteiger partial charge in [0.25, 0.3) is 5.91 Å². The monoisotopic (exact) mass is 394 g/mol. The number of amides is 1. The molecular formula is C18H19ClN2O4S. The molecule has 26 heavy (non-hydrogen) atoms. The predicted octanol–water partition coefficient (Wildman–Crippen LogP) is 3.39. The zero-order chi connectivity index (χ0) is 18.7. The van der Waals surface area contributed by atoms with Crippen molar-refractivity contribution in [1.29, 1.82) is 0 Å². The van der Waals surface area contributed by atoms with Gasteiger partial charge in [0, 0.05) is 24.3 Å². The van der Waals surface area contributed by atoms with Crippen molar-refractivity contribution in [1.82, 2.24) is 4.31 Å². The maximum atomic E-state index is 12.5. The number of rotatable bonds is 5. The summed E-state index contributed by atoms with van der Waals surface area (Å²) in [5.74, 6) is 0.164. The maximum absolute atomic E-state index is 12.5. The van der Waals surface area contributed by atoms with Gasteiger partial charge in [-0.05, 0) is 55.3 Å². The van der Waals surface area contributed by atoms with Gasteiger partial charge < -0.3 is 10.1 Å². The van der Waals surface area contributed by atoms with Gasteiger partial charge in [-0.1, -0.05) is 11.6 Å². The highest BCUT2D eigenvalue weighted by Gasteiger charge is 2.27. The SMILES string of the molecule is COc1ccc(NC(=O)c2ccc(S(=O)(=O)N3CCCC3)cc2)cc1Cl. The fraction of sp³-hybridized carbons (Fsp3) is 0.278. The molecule has 0 saturated carbocycles. The number of nitrogens with one attached hydrogen (secondary N) is 1. The fourth-order valence-electron chi connectivity index (χ4n) is 2.80. The second kappa shape index (κ2) is 7.65. The Bertz CT molecular complexity index is 907. The molecule has 0 unspecified atom stereocenters. The Morgan fingerprint density at radius 1 is 1.12 bits per heavy atom. The molecule has 1 aliphatic rings. The summed E-state index contributed by atoms with van der Waals surface area (Å²) in [6.07, 6.45) is 1.76. The zero-order valence-corrected chi connectivity index (χ0v) is 15.8. The smallest absolute Gasteiger partial charge is 0.255 e. The molecule has 1 amide bonds. The molecule has 0 spiro atoms. The molecule has 1 fully saturated rings. The molecule has 0 atom stereocenters. The number of methoxy groups -OCH3 is 1. The number of benzene rings is 2. The van der Waals surface area contributed by atoms with Crippen molar-refractivity contribution in [2.24, 2.45) is 0 Å². The first-order valence-electron chi connectivity index (χ1n) is 8.17. The van der Waals surface area contributed by atoms with E-state index < -0.39 is 10.0 Å². The highest BCUT2D eigenvalue weighted by Crippen LogP contribution is 2.27. The molecule has 0 aromatic heterocycles. The van der Waals surface area contributed by atoms with E-state index in [1.165, 1.54) is 35.7 Å². The van der Waals surface area contributed by atoms with Crippen LogP contribution in [0.1, 0.15) is 23.2 Å². The van der Waals surface area contributed by atoms with Crippen LogP contribution >= 0.6 is 11.6 Å². The van der Waals surface area contributed by atoms with E-state index in [1.807, 2.05) is 0 Å². The van der Waals surface area contributed by atoms with E-state index in [0.717, 1.165) is 12.8 Å². The predicted molar refractivity (Wildman–Crippen MR) is 100 cm³/mol. The van der Waals surface area contributed by atoms with E-state index in [9.17, 15) is 13.2 Å². The quantitative estimate of drug-likeness (QED) is 0.843. The average Bonchev–Trinajstić information content (AvgIpc) is 3.17. The molecule has 1 heterocycles. The third-order valence-corrected chi connectivity index (χ3v) is 6.44. The van der Waals surface area contributed by atoms with Gasteiger partial charge >= 0.3 is 0 Å². The lowest BCUT2D eigenvalue weighted by molar-refractivity contribution is 0.102. The summed E-state index contributed by atoms with van der Waals surface area (Å²) in [4.78, 5) is 12.5. The minimum atomic E-state index is -3.48. The van der Waals surface area contributed by atoms with E-state index in [1.54, 1.807) is 18.2 Å². The number of carbonyl (C=O) groups excluding carboxylic acids is 1. The van der Waals surface area contributed by atoms with E-state index >= 15 is 0 Å². The van der Waals surface area contributed by atoms with Crippen LogP contribution in [0.5, 0.6) is 5.75 Å². The summed E-state index contributed by atoms with van der Waals surface area (Å²) in [5, 5.41) is 3.11. The molecule has 1 N–H and O–H groups in total. The van der Waals surface area contributed by atoms with Gasteiger partial charge in [0.15, 0.2) is 0 Å². The van der Waals surface area contributed by atoms with Gasteiger partial charge in [-0.2, -0.15) is 4.31 Å². The molecule has 2 aromatic carbocycles. The first-order chi connectivity index (χ1) is 12.4. The zero-order valence-electron chi connectivity index (χ0n) is 14.2. The van der Waals surface area contributed by atoms with Crippen LogP contribution in [-0.4, -0.2) is 38.8 Å².